The molecule has 50 heavy (non-hydrogen) atoms. The van der Waals surface area contributed by atoms with Crippen LogP contribution < -0.4 is 14.4 Å². The van der Waals surface area contributed by atoms with Gasteiger partial charge in [0.1, 0.15) is 29.4 Å². The maximum Gasteiger partial charge on any atom is 0.407 e. The molecule has 2 bridgehead atoms. The number of hydrogen-bond donors (Lipinski definition) is 1. The first-order chi connectivity index (χ1) is 24.3. The number of methoxy groups -OCH3 is 1. The standard InChI is InChI=1S/C39H43FN6O4/c1-5-23-15-39(16-24(6-2)19-45(39)18-23)22-50-37-42-35-30(36(43-37)44-20-26-11-12-27(21-44)46(26)38(47)48)17-41-34(33(35)40)29-13-14-31(49-4)28-10-8-9-25(7-3)32(28)29/h3,8-10,13-14,17,23-24,26-27H,5-6,11-12,15-16,18-22H2,1-2,4H3,(H,47,48)/t23?,24?,26-,27+,39?. The van der Waals surface area contributed by atoms with Gasteiger partial charge in [0.2, 0.25) is 0 Å². The lowest BCUT2D eigenvalue weighted by atomic mass is 9.86. The molecule has 4 aliphatic heterocycles. The molecular weight excluding hydrogens is 635 g/mol. The zero-order valence-electron chi connectivity index (χ0n) is 28.9. The SMILES string of the molecule is C#Cc1cccc2c(OC)ccc(-c3ncc4c(N5C[C@H]6CC[C@@H](C5)N6C(=O)O)nc(OCC56CC(CC)CN5CC(CC)C6)nc4c3F)c12. The van der Waals surface area contributed by atoms with Crippen LogP contribution in [0.1, 0.15) is 57.9 Å². The van der Waals surface area contributed by atoms with E-state index in [1.165, 1.54) is 0 Å². The highest BCUT2D eigenvalue weighted by atomic mass is 19.1. The molecule has 2 unspecified atom stereocenters. The number of nitrogens with zero attached hydrogens (tertiary/aromatic N) is 6. The second-order valence-corrected chi connectivity index (χ2v) is 14.6. The number of benzene rings is 2. The summed E-state index contributed by atoms with van der Waals surface area (Å²) >= 11 is 0. The van der Waals surface area contributed by atoms with Crippen molar-refractivity contribution < 1.29 is 23.8 Å². The average molecular weight is 679 g/mol. The Morgan fingerprint density at radius 2 is 1.76 bits per heavy atom. The summed E-state index contributed by atoms with van der Waals surface area (Å²) in [6.45, 7) is 7.95. The Morgan fingerprint density at radius 3 is 2.40 bits per heavy atom. The van der Waals surface area contributed by atoms with Gasteiger partial charge < -0.3 is 19.5 Å². The van der Waals surface area contributed by atoms with Crippen molar-refractivity contribution in [3.05, 3.63) is 47.9 Å². The first-order valence-corrected chi connectivity index (χ1v) is 17.8. The molecule has 2 aromatic heterocycles. The van der Waals surface area contributed by atoms with Gasteiger partial charge in [0, 0.05) is 54.3 Å². The summed E-state index contributed by atoms with van der Waals surface area (Å²) in [6.07, 6.45) is 12.6. The molecule has 11 heteroatoms. The fourth-order valence-electron chi connectivity index (χ4n) is 9.36. The predicted molar refractivity (Wildman–Crippen MR) is 190 cm³/mol. The van der Waals surface area contributed by atoms with Gasteiger partial charge in [-0.1, -0.05) is 44.7 Å². The van der Waals surface area contributed by atoms with Crippen LogP contribution in [0.15, 0.2) is 36.5 Å². The number of aromatic nitrogens is 3. The van der Waals surface area contributed by atoms with E-state index < -0.39 is 11.9 Å². The number of carboxylic acid groups (broad SMARTS) is 1. The van der Waals surface area contributed by atoms with Crippen LogP contribution in [-0.2, 0) is 0 Å². The number of carbonyl (C=O) groups is 1. The van der Waals surface area contributed by atoms with Crippen LogP contribution in [0.2, 0.25) is 0 Å². The van der Waals surface area contributed by atoms with Crippen molar-refractivity contribution in [2.75, 3.05) is 44.8 Å². The van der Waals surface area contributed by atoms with Crippen molar-refractivity contribution in [2.45, 2.75) is 70.0 Å². The molecule has 4 fully saturated rings. The number of terminal acetylenes is 1. The lowest BCUT2D eigenvalue weighted by Gasteiger charge is -2.40. The summed E-state index contributed by atoms with van der Waals surface area (Å²) in [5.74, 6) is 4.51. The van der Waals surface area contributed by atoms with Crippen molar-refractivity contribution in [3.63, 3.8) is 0 Å². The molecular formula is C39H43FN6O4. The van der Waals surface area contributed by atoms with Crippen LogP contribution in [0.5, 0.6) is 11.8 Å². The van der Waals surface area contributed by atoms with E-state index in [0.717, 1.165) is 57.0 Å². The summed E-state index contributed by atoms with van der Waals surface area (Å²) in [5.41, 5.74) is 1.26. The molecule has 260 valence electrons. The summed E-state index contributed by atoms with van der Waals surface area (Å²) in [7, 11) is 1.59. The van der Waals surface area contributed by atoms with Gasteiger partial charge in [0.05, 0.1) is 30.1 Å². The van der Waals surface area contributed by atoms with Crippen LogP contribution in [0.25, 0.3) is 32.9 Å². The molecule has 1 N–H and O–H groups in total. The van der Waals surface area contributed by atoms with Gasteiger partial charge in [-0.2, -0.15) is 9.97 Å². The van der Waals surface area contributed by atoms with Crippen LogP contribution in [0.4, 0.5) is 15.0 Å². The number of piperazine rings is 1. The third-order valence-corrected chi connectivity index (χ3v) is 11.9. The Morgan fingerprint density at radius 1 is 1.04 bits per heavy atom. The fraction of sp³-hybridized carbons (Fsp3) is 0.487. The Kier molecular flexibility index (Phi) is 8.17. The van der Waals surface area contributed by atoms with E-state index in [-0.39, 0.29) is 34.8 Å². The molecule has 4 aliphatic rings. The second kappa shape index (κ2) is 12.6. The van der Waals surface area contributed by atoms with Gasteiger partial charge in [-0.15, -0.1) is 6.42 Å². The molecule has 4 saturated heterocycles. The van der Waals surface area contributed by atoms with E-state index in [0.29, 0.717) is 65.0 Å². The Bertz CT molecular complexity index is 2000. The Hall–Kier alpha value is -4.69. The number of hydrogen-bond acceptors (Lipinski definition) is 8. The van der Waals surface area contributed by atoms with Crippen molar-refractivity contribution >= 4 is 33.6 Å². The van der Waals surface area contributed by atoms with E-state index in [9.17, 15) is 9.90 Å². The summed E-state index contributed by atoms with van der Waals surface area (Å²) < 4.78 is 29.3. The molecule has 8 rings (SSSR count). The van der Waals surface area contributed by atoms with Gasteiger partial charge >= 0.3 is 12.1 Å². The lowest BCUT2D eigenvalue weighted by Crippen LogP contribution is -2.55. The van der Waals surface area contributed by atoms with Gasteiger partial charge in [0.15, 0.2) is 5.82 Å². The summed E-state index contributed by atoms with van der Waals surface area (Å²) in [4.78, 5) is 32.7. The molecule has 0 radical (unpaired) electrons. The monoisotopic (exact) mass is 678 g/mol. The van der Waals surface area contributed by atoms with Crippen molar-refractivity contribution in [3.8, 4) is 35.4 Å². The van der Waals surface area contributed by atoms with Gasteiger partial charge in [0.25, 0.3) is 0 Å². The fourth-order valence-corrected chi connectivity index (χ4v) is 9.36. The maximum atomic E-state index is 17.1. The first kappa shape index (κ1) is 32.5. The average Bonchev–Trinajstić information content (AvgIpc) is 3.75. The number of halogens is 1. The van der Waals surface area contributed by atoms with Crippen LogP contribution >= 0.6 is 0 Å². The molecule has 4 atom stereocenters. The highest BCUT2D eigenvalue weighted by Crippen LogP contribution is 2.46. The largest absolute Gasteiger partial charge is 0.496 e. The molecule has 0 aliphatic carbocycles. The second-order valence-electron chi connectivity index (χ2n) is 14.6. The van der Waals surface area contributed by atoms with Crippen LogP contribution in [-0.4, -0.2) is 93.5 Å². The molecule has 10 nitrogen and oxygen atoms in total. The van der Waals surface area contributed by atoms with Gasteiger partial charge in [-0.25, -0.2) is 9.18 Å². The minimum absolute atomic E-state index is 0.0956. The highest BCUT2D eigenvalue weighted by molar-refractivity contribution is 6.04. The van der Waals surface area contributed by atoms with Crippen molar-refractivity contribution in [1.82, 2.24) is 24.8 Å². The molecule has 2 aromatic carbocycles. The zero-order valence-corrected chi connectivity index (χ0v) is 28.9. The van der Waals surface area contributed by atoms with Gasteiger partial charge in [-0.3, -0.25) is 14.8 Å². The summed E-state index contributed by atoms with van der Waals surface area (Å²) in [6, 6.07) is 8.92. The molecule has 0 spiro atoms. The number of anilines is 1. The quantitative estimate of drug-likeness (QED) is 0.207. The first-order valence-electron chi connectivity index (χ1n) is 17.8. The minimum Gasteiger partial charge on any atom is -0.496 e. The number of amides is 1. The normalized spacial score (nSPS) is 26.1. The zero-order chi connectivity index (χ0) is 34.7. The predicted octanol–water partition coefficient (Wildman–Crippen LogP) is 6.58. The van der Waals surface area contributed by atoms with E-state index in [2.05, 4.69) is 34.6 Å². The van der Waals surface area contributed by atoms with E-state index in [1.54, 1.807) is 30.3 Å². The highest BCUT2D eigenvalue weighted by Gasteiger charge is 2.51. The van der Waals surface area contributed by atoms with E-state index >= 15 is 4.39 Å². The third kappa shape index (κ3) is 5.18. The molecule has 4 aromatic rings. The molecule has 6 heterocycles. The van der Waals surface area contributed by atoms with Crippen LogP contribution in [0.3, 0.4) is 0 Å². The van der Waals surface area contributed by atoms with E-state index in [4.69, 9.17) is 25.9 Å². The van der Waals surface area contributed by atoms with Crippen LogP contribution in [0, 0.1) is 30.0 Å². The topological polar surface area (TPSA) is 104 Å². The van der Waals surface area contributed by atoms with Crippen molar-refractivity contribution in [1.29, 1.82) is 0 Å². The maximum absolute atomic E-state index is 17.1. The number of fused-ring (bicyclic) bond motifs is 5. The third-order valence-electron chi connectivity index (χ3n) is 11.9. The smallest absolute Gasteiger partial charge is 0.407 e. The minimum atomic E-state index is -0.906. The van der Waals surface area contributed by atoms with E-state index in [1.807, 2.05) is 18.2 Å². The number of pyridine rings is 1. The van der Waals surface area contributed by atoms with Gasteiger partial charge in [-0.05, 0) is 55.7 Å². The summed E-state index contributed by atoms with van der Waals surface area (Å²) in [5, 5.41) is 11.8. The lowest BCUT2D eigenvalue weighted by molar-refractivity contribution is 0.107. The van der Waals surface area contributed by atoms with Crippen molar-refractivity contribution in [2.24, 2.45) is 11.8 Å². The Labute approximate surface area is 291 Å². The number of rotatable bonds is 8. The molecule has 1 amide bonds. The number of ether oxygens (including phenoxy) is 2. The molecule has 0 saturated carbocycles. The Balaban J connectivity index is 1.24.